The van der Waals surface area contributed by atoms with Gasteiger partial charge in [0.1, 0.15) is 17.7 Å². The van der Waals surface area contributed by atoms with Gasteiger partial charge in [-0.05, 0) is 86.2 Å². The maximum absolute atomic E-state index is 14.9. The van der Waals surface area contributed by atoms with Crippen LogP contribution >= 0.6 is 0 Å². The minimum Gasteiger partial charge on any atom is -0.380 e. The van der Waals surface area contributed by atoms with E-state index in [-0.39, 0.29) is 23.2 Å². The van der Waals surface area contributed by atoms with E-state index in [1.807, 2.05) is 25.7 Å². The number of carbonyl (C=O) groups is 2. The van der Waals surface area contributed by atoms with Crippen molar-refractivity contribution in [2.45, 2.75) is 71.8 Å². The zero-order chi connectivity index (χ0) is 35.2. The Balaban J connectivity index is 1.39. The molecule has 0 saturated heterocycles. The van der Waals surface area contributed by atoms with Crippen molar-refractivity contribution in [3.63, 3.8) is 0 Å². The zero-order valence-electron chi connectivity index (χ0n) is 28.1. The zero-order valence-corrected chi connectivity index (χ0v) is 29.1. The number of aliphatic imine (C=N–C) groups is 1. The van der Waals surface area contributed by atoms with Crippen LogP contribution < -0.4 is 15.8 Å². The molecule has 13 heteroatoms. The number of methoxy groups -OCH3 is 1. The highest BCUT2D eigenvalue weighted by Crippen LogP contribution is 2.24. The highest BCUT2D eigenvalue weighted by Gasteiger charge is 2.28. The van der Waals surface area contributed by atoms with E-state index in [0.29, 0.717) is 48.5 Å². The standard InChI is InChI=1S/C35H41BF4N4O3Si/c1-22-17-23(2)44(36(39)40)31(22)20-27-16-15-26(41-27)9-7-8-10-32(45)43-33(25-13-11-24(12-14-25)21-47-3)35(46)42-28-18-29(37)34(30(38)19-28)48(4,5)6/h11-20,33H,7-10,21H2,1-6H3,(H,42,46)(H,43,45)/t33-/m1/s1. The van der Waals surface area contributed by atoms with Crippen molar-refractivity contribution < 1.29 is 31.7 Å². The maximum Gasteiger partial charge on any atom is 0.677 e. The molecule has 0 spiro atoms. The predicted molar refractivity (Wildman–Crippen MR) is 186 cm³/mol. The van der Waals surface area contributed by atoms with Crippen LogP contribution in [0.15, 0.2) is 65.3 Å². The van der Waals surface area contributed by atoms with Gasteiger partial charge in [0, 0.05) is 41.5 Å². The second-order valence-corrected chi connectivity index (χ2v) is 17.9. The van der Waals surface area contributed by atoms with E-state index in [0.717, 1.165) is 33.4 Å². The second kappa shape index (κ2) is 15.8. The van der Waals surface area contributed by atoms with Gasteiger partial charge in [-0.2, -0.15) is 0 Å². The Morgan fingerprint density at radius 1 is 1.02 bits per heavy atom. The van der Waals surface area contributed by atoms with Crippen molar-refractivity contribution in [2.75, 3.05) is 12.4 Å². The molecule has 1 aromatic heterocycles. The summed E-state index contributed by atoms with van der Waals surface area (Å²) in [6, 6.07) is 9.76. The first-order chi connectivity index (χ1) is 22.7. The molecule has 1 aliphatic heterocycles. The number of aryl methyl sites for hydroxylation is 2. The van der Waals surface area contributed by atoms with E-state index in [1.165, 1.54) is 0 Å². The van der Waals surface area contributed by atoms with E-state index < -0.39 is 39.1 Å². The van der Waals surface area contributed by atoms with Crippen molar-refractivity contribution >= 4 is 50.0 Å². The molecule has 0 radical (unpaired) electrons. The van der Waals surface area contributed by atoms with Crippen LogP contribution in [-0.4, -0.2) is 44.6 Å². The van der Waals surface area contributed by atoms with Crippen LogP contribution in [0.25, 0.3) is 6.08 Å². The molecule has 1 aliphatic rings. The highest BCUT2D eigenvalue weighted by atomic mass is 28.3. The smallest absolute Gasteiger partial charge is 0.380 e. The Morgan fingerprint density at radius 2 is 1.69 bits per heavy atom. The number of nitrogens with zero attached hydrogens (tertiary/aromatic N) is 2. The van der Waals surface area contributed by atoms with Crippen molar-refractivity contribution in [3.05, 3.63) is 100 Å². The SMILES string of the molecule is COCc1ccc([C@@H](NC(=O)CCCCC2=NC(=Cc3c(C)cc(C)n3B(F)F)C=C2)C(=O)Nc2cc(F)c([Si](C)(C)C)c(F)c2)cc1. The van der Waals surface area contributed by atoms with E-state index in [2.05, 4.69) is 15.6 Å². The third-order valence-electron chi connectivity index (χ3n) is 8.01. The molecule has 1 atom stereocenters. The van der Waals surface area contributed by atoms with Crippen LogP contribution in [0.3, 0.4) is 0 Å². The number of nitrogens with one attached hydrogen (secondary N) is 2. The summed E-state index contributed by atoms with van der Waals surface area (Å²) in [6.45, 7) is 9.28. The summed E-state index contributed by atoms with van der Waals surface area (Å²) in [5.41, 5.74) is 4.29. The third-order valence-corrected chi connectivity index (χ3v) is 9.98. The maximum atomic E-state index is 14.9. The fourth-order valence-electron chi connectivity index (χ4n) is 5.74. The minimum atomic E-state index is -2.65. The van der Waals surface area contributed by atoms with Gasteiger partial charge in [-0.3, -0.25) is 23.2 Å². The van der Waals surface area contributed by atoms with Gasteiger partial charge in [-0.25, -0.2) is 8.78 Å². The quantitative estimate of drug-likeness (QED) is 0.107. The molecule has 254 valence electrons. The number of carbonyl (C=O) groups excluding carboxylic acids is 2. The molecule has 2 heterocycles. The number of amides is 2. The number of aromatic nitrogens is 1. The van der Waals surface area contributed by atoms with Gasteiger partial charge in [-0.1, -0.05) is 43.9 Å². The lowest BCUT2D eigenvalue weighted by atomic mass is 10.0. The van der Waals surface area contributed by atoms with Crippen molar-refractivity contribution in [2.24, 2.45) is 4.99 Å². The van der Waals surface area contributed by atoms with E-state index >= 15 is 0 Å². The summed E-state index contributed by atoms with van der Waals surface area (Å²) < 4.78 is 63.0. The van der Waals surface area contributed by atoms with Crippen LogP contribution in [0.1, 0.15) is 59.8 Å². The van der Waals surface area contributed by atoms with Gasteiger partial charge >= 0.3 is 7.40 Å². The molecule has 0 saturated carbocycles. The van der Waals surface area contributed by atoms with Crippen LogP contribution in [0.4, 0.5) is 23.1 Å². The molecule has 0 bridgehead atoms. The van der Waals surface area contributed by atoms with Gasteiger partial charge in [-0.15, -0.1) is 0 Å². The molecular weight excluding hydrogens is 639 g/mol. The monoisotopic (exact) mass is 680 g/mol. The van der Waals surface area contributed by atoms with Gasteiger partial charge in [0.25, 0.3) is 5.91 Å². The predicted octanol–water partition coefficient (Wildman–Crippen LogP) is 7.26. The summed E-state index contributed by atoms with van der Waals surface area (Å²) in [5, 5.41) is 5.40. The topological polar surface area (TPSA) is 84.7 Å². The number of anilines is 1. The van der Waals surface area contributed by atoms with Gasteiger partial charge in [0.05, 0.1) is 20.4 Å². The molecule has 0 unspecified atom stereocenters. The summed E-state index contributed by atoms with van der Waals surface area (Å²) in [6.07, 6.45) is 7.07. The highest BCUT2D eigenvalue weighted by molar-refractivity contribution is 6.88. The molecule has 2 aromatic carbocycles. The Morgan fingerprint density at radius 3 is 2.29 bits per heavy atom. The van der Waals surface area contributed by atoms with Crippen LogP contribution in [0.2, 0.25) is 19.6 Å². The van der Waals surface area contributed by atoms with E-state index in [4.69, 9.17) is 4.74 Å². The molecule has 48 heavy (non-hydrogen) atoms. The number of hydrogen-bond donors (Lipinski definition) is 2. The number of benzene rings is 2. The van der Waals surface area contributed by atoms with Crippen molar-refractivity contribution in [1.82, 2.24) is 9.79 Å². The molecule has 2 amide bonds. The fraction of sp³-hybridized carbons (Fsp3) is 0.343. The average molecular weight is 681 g/mol. The summed E-state index contributed by atoms with van der Waals surface area (Å²) in [5.74, 6) is -2.45. The first-order valence-corrected chi connectivity index (χ1v) is 19.3. The number of halogens is 4. The van der Waals surface area contributed by atoms with Crippen LogP contribution in [0.5, 0.6) is 0 Å². The first kappa shape index (κ1) is 36.6. The number of allylic oxidation sites excluding steroid dienone is 2. The second-order valence-electron chi connectivity index (χ2n) is 12.9. The Labute approximate surface area is 280 Å². The van der Waals surface area contributed by atoms with E-state index in [9.17, 15) is 27.0 Å². The van der Waals surface area contributed by atoms with E-state index in [1.54, 1.807) is 63.4 Å². The van der Waals surface area contributed by atoms with Gasteiger partial charge < -0.3 is 19.8 Å². The lowest BCUT2D eigenvalue weighted by Gasteiger charge is -2.21. The van der Waals surface area contributed by atoms with Gasteiger partial charge in [0.15, 0.2) is 0 Å². The number of rotatable bonds is 14. The molecule has 0 aliphatic carbocycles. The van der Waals surface area contributed by atoms with Crippen molar-refractivity contribution in [3.8, 4) is 0 Å². The fourth-order valence-corrected chi connectivity index (χ4v) is 7.31. The lowest BCUT2D eigenvalue weighted by Crippen LogP contribution is -2.42. The number of hydrogen-bond acceptors (Lipinski definition) is 4. The first-order valence-electron chi connectivity index (χ1n) is 15.8. The minimum absolute atomic E-state index is 0.0428. The number of unbranched alkanes of at least 4 members (excludes halogenated alkanes) is 1. The summed E-state index contributed by atoms with van der Waals surface area (Å²) >= 11 is 0. The third kappa shape index (κ3) is 9.22. The van der Waals surface area contributed by atoms with Gasteiger partial charge in [0.2, 0.25) is 5.91 Å². The Bertz CT molecular complexity index is 1720. The normalized spacial score (nSPS) is 14.3. The summed E-state index contributed by atoms with van der Waals surface area (Å²) in [7, 11) is -3.40. The molecule has 3 aromatic rings. The summed E-state index contributed by atoms with van der Waals surface area (Å²) in [4.78, 5) is 31.0. The molecule has 0 fully saturated rings. The number of ether oxygens (including phenoxy) is 1. The molecule has 4 rings (SSSR count). The Hall–Kier alpha value is -4.23. The lowest BCUT2D eigenvalue weighted by molar-refractivity contribution is -0.126. The largest absolute Gasteiger partial charge is 0.677 e. The average Bonchev–Trinajstić information content (AvgIpc) is 3.55. The van der Waals surface area contributed by atoms with Crippen molar-refractivity contribution in [1.29, 1.82) is 0 Å². The Kier molecular flexibility index (Phi) is 12.0. The molecule has 2 N–H and O–H groups in total. The van der Waals surface area contributed by atoms with Crippen LogP contribution in [0, 0.1) is 25.5 Å². The molecule has 7 nitrogen and oxygen atoms in total. The van der Waals surface area contributed by atoms with Crippen LogP contribution in [-0.2, 0) is 20.9 Å². The molecular formula is C35H41BF4N4O3Si.